The van der Waals surface area contributed by atoms with Crippen LogP contribution in [0, 0.1) is 11.8 Å². The number of alkyl halides is 2. The van der Waals surface area contributed by atoms with Gasteiger partial charge in [-0.15, -0.1) is 23.2 Å². The van der Waals surface area contributed by atoms with Gasteiger partial charge in [0.15, 0.2) is 0 Å². The van der Waals surface area contributed by atoms with Gasteiger partial charge in [-0.2, -0.15) is 4.21 Å². The maximum absolute atomic E-state index is 12.2. The fourth-order valence-corrected chi connectivity index (χ4v) is 4.37. The Bertz CT molecular complexity index is 904. The van der Waals surface area contributed by atoms with E-state index >= 15 is 0 Å². The standard InChI is InChI=1S/C30H44Cl2O5S/c1-21(17-34-25-13-9-23(10-14-25)29(3,4)5)27(31)19-36-38(33)37-20-28(32)22(2)18-35-26-15-11-24(12-16-26)30(6,7)8/h9-16,21-22,27-28H,17-20H2,1-8H3. The van der Waals surface area contributed by atoms with Crippen molar-refractivity contribution >= 4 is 34.6 Å². The van der Waals surface area contributed by atoms with Gasteiger partial charge in [0, 0.05) is 11.8 Å². The van der Waals surface area contributed by atoms with Crippen molar-refractivity contribution in [2.24, 2.45) is 11.8 Å². The molecule has 4 atom stereocenters. The van der Waals surface area contributed by atoms with Gasteiger partial charge in [-0.1, -0.05) is 79.7 Å². The van der Waals surface area contributed by atoms with Gasteiger partial charge in [0.25, 0.3) is 0 Å². The number of hydrogen-bond acceptors (Lipinski definition) is 5. The minimum atomic E-state index is -1.95. The van der Waals surface area contributed by atoms with E-state index in [2.05, 4.69) is 65.8 Å². The highest BCUT2D eigenvalue weighted by atomic mass is 35.5. The van der Waals surface area contributed by atoms with Crippen molar-refractivity contribution in [1.29, 1.82) is 0 Å². The number of rotatable bonds is 14. The van der Waals surface area contributed by atoms with Gasteiger partial charge >= 0.3 is 11.4 Å². The average molecular weight is 588 g/mol. The molecule has 4 unspecified atom stereocenters. The first kappa shape index (κ1) is 32.9. The van der Waals surface area contributed by atoms with Crippen LogP contribution in [0.5, 0.6) is 11.5 Å². The van der Waals surface area contributed by atoms with Gasteiger partial charge in [-0.25, -0.2) is 0 Å². The van der Waals surface area contributed by atoms with E-state index in [1.807, 2.05) is 38.1 Å². The van der Waals surface area contributed by atoms with E-state index in [0.717, 1.165) is 11.5 Å². The van der Waals surface area contributed by atoms with E-state index in [1.165, 1.54) is 11.1 Å². The highest BCUT2D eigenvalue weighted by Crippen LogP contribution is 2.26. The number of ether oxygens (including phenoxy) is 2. The van der Waals surface area contributed by atoms with Crippen LogP contribution in [0.15, 0.2) is 48.5 Å². The van der Waals surface area contributed by atoms with Crippen LogP contribution >= 0.6 is 23.2 Å². The maximum Gasteiger partial charge on any atom is 0.304 e. The molecule has 0 aliphatic rings. The van der Waals surface area contributed by atoms with Crippen molar-refractivity contribution < 1.29 is 22.0 Å². The first-order valence-electron chi connectivity index (χ1n) is 13.1. The Hall–Kier alpha value is -1.31. The van der Waals surface area contributed by atoms with Crippen LogP contribution in [-0.4, -0.2) is 41.4 Å². The Morgan fingerprint density at radius 3 is 1.24 bits per heavy atom. The second-order valence-corrected chi connectivity index (χ2v) is 13.9. The Balaban J connectivity index is 1.65. The lowest BCUT2D eigenvalue weighted by Crippen LogP contribution is -2.26. The Labute approximate surface area is 242 Å². The van der Waals surface area contributed by atoms with Crippen LogP contribution in [-0.2, 0) is 30.6 Å². The first-order chi connectivity index (χ1) is 17.7. The molecular formula is C30H44Cl2O5S. The summed E-state index contributed by atoms with van der Waals surface area (Å²) in [7, 11) is 0. The van der Waals surface area contributed by atoms with Gasteiger partial charge in [0.2, 0.25) is 0 Å². The van der Waals surface area contributed by atoms with Gasteiger partial charge in [0.05, 0.1) is 37.2 Å². The molecule has 2 aromatic rings. The molecule has 0 spiro atoms. The molecule has 0 N–H and O–H groups in total. The smallest absolute Gasteiger partial charge is 0.304 e. The van der Waals surface area contributed by atoms with Crippen molar-refractivity contribution in [3.05, 3.63) is 59.7 Å². The first-order valence-corrected chi connectivity index (χ1v) is 15.0. The van der Waals surface area contributed by atoms with Crippen LogP contribution in [0.2, 0.25) is 0 Å². The largest absolute Gasteiger partial charge is 0.493 e. The molecule has 0 heterocycles. The zero-order valence-electron chi connectivity index (χ0n) is 24.0. The maximum atomic E-state index is 12.2. The summed E-state index contributed by atoms with van der Waals surface area (Å²) < 4.78 is 34.5. The summed E-state index contributed by atoms with van der Waals surface area (Å²) in [4.78, 5) is 0. The molecule has 0 amide bonds. The van der Waals surface area contributed by atoms with E-state index in [0.29, 0.717) is 13.2 Å². The molecule has 2 rings (SSSR count). The summed E-state index contributed by atoms with van der Waals surface area (Å²) in [5.74, 6) is 1.53. The molecule has 0 saturated heterocycles. The van der Waals surface area contributed by atoms with E-state index in [9.17, 15) is 4.21 Å². The Kier molecular flexibility index (Phi) is 12.9. The lowest BCUT2D eigenvalue weighted by Gasteiger charge is -2.21. The van der Waals surface area contributed by atoms with Crippen molar-refractivity contribution in [1.82, 2.24) is 0 Å². The predicted molar refractivity (Wildman–Crippen MR) is 159 cm³/mol. The Morgan fingerprint density at radius 1 is 0.632 bits per heavy atom. The third-order valence-corrected chi connectivity index (χ3v) is 8.12. The normalized spacial score (nSPS) is 16.4. The summed E-state index contributed by atoms with van der Waals surface area (Å²) in [5, 5.41) is -0.777. The van der Waals surface area contributed by atoms with E-state index < -0.39 is 11.4 Å². The molecule has 0 radical (unpaired) electrons. The minimum absolute atomic E-state index is 0.0219. The van der Waals surface area contributed by atoms with Gasteiger partial charge in [0.1, 0.15) is 11.5 Å². The van der Waals surface area contributed by atoms with Gasteiger partial charge in [-0.05, 0) is 46.2 Å². The fourth-order valence-electron chi connectivity index (χ4n) is 3.37. The van der Waals surface area contributed by atoms with Crippen molar-refractivity contribution in [2.45, 2.75) is 77.0 Å². The molecule has 214 valence electrons. The molecule has 2 aromatic carbocycles. The summed E-state index contributed by atoms with van der Waals surface area (Å²) >= 11 is 10.9. The van der Waals surface area contributed by atoms with Crippen molar-refractivity contribution in [3.63, 3.8) is 0 Å². The van der Waals surface area contributed by atoms with E-state index in [4.69, 9.17) is 41.0 Å². The molecule has 0 aliphatic heterocycles. The Morgan fingerprint density at radius 2 is 0.947 bits per heavy atom. The minimum Gasteiger partial charge on any atom is -0.493 e. The zero-order valence-corrected chi connectivity index (χ0v) is 26.3. The summed E-state index contributed by atoms with van der Waals surface area (Å²) in [5.41, 5.74) is 2.68. The molecule has 0 aromatic heterocycles. The molecule has 0 aliphatic carbocycles. The van der Waals surface area contributed by atoms with Crippen LogP contribution in [0.4, 0.5) is 0 Å². The predicted octanol–water partition coefficient (Wildman–Crippen LogP) is 7.84. The van der Waals surface area contributed by atoms with Crippen molar-refractivity contribution in [3.8, 4) is 11.5 Å². The van der Waals surface area contributed by atoms with Crippen LogP contribution in [0.25, 0.3) is 0 Å². The monoisotopic (exact) mass is 586 g/mol. The lowest BCUT2D eigenvalue weighted by atomic mass is 9.87. The highest BCUT2D eigenvalue weighted by Gasteiger charge is 2.21. The van der Waals surface area contributed by atoms with E-state index in [1.54, 1.807) is 0 Å². The van der Waals surface area contributed by atoms with Gasteiger partial charge < -0.3 is 9.47 Å². The highest BCUT2D eigenvalue weighted by molar-refractivity contribution is 7.75. The number of hydrogen-bond donors (Lipinski definition) is 0. The molecule has 0 fully saturated rings. The SMILES string of the molecule is CC(COc1ccc(C(C)(C)C)cc1)C(Cl)COS(=O)OCC(Cl)C(C)COc1ccc(C(C)(C)C)cc1. The topological polar surface area (TPSA) is 54.0 Å². The van der Waals surface area contributed by atoms with Crippen LogP contribution < -0.4 is 9.47 Å². The number of halogens is 2. The van der Waals surface area contributed by atoms with Crippen LogP contribution in [0.1, 0.15) is 66.5 Å². The van der Waals surface area contributed by atoms with Crippen molar-refractivity contribution in [2.75, 3.05) is 26.4 Å². The molecule has 0 bridgehead atoms. The third kappa shape index (κ3) is 11.4. The summed E-state index contributed by atoms with van der Waals surface area (Å²) in [6.07, 6.45) is 0. The quantitative estimate of drug-likeness (QED) is 0.211. The third-order valence-electron chi connectivity index (χ3n) is 6.35. The number of benzene rings is 2. The lowest BCUT2D eigenvalue weighted by molar-refractivity contribution is 0.195. The van der Waals surface area contributed by atoms with Crippen LogP contribution in [0.3, 0.4) is 0 Å². The van der Waals surface area contributed by atoms with E-state index in [-0.39, 0.29) is 46.6 Å². The van der Waals surface area contributed by atoms with Gasteiger partial charge in [-0.3, -0.25) is 8.37 Å². The molecule has 38 heavy (non-hydrogen) atoms. The summed E-state index contributed by atoms with van der Waals surface area (Å²) in [6.45, 7) is 17.9. The molecule has 5 nitrogen and oxygen atoms in total. The zero-order chi connectivity index (χ0) is 28.5. The molecule has 0 saturated carbocycles. The second-order valence-electron chi connectivity index (χ2n) is 11.9. The summed E-state index contributed by atoms with van der Waals surface area (Å²) in [6, 6.07) is 16.2. The molecule has 8 heteroatoms. The molecular weight excluding hydrogens is 543 g/mol. The average Bonchev–Trinajstić information content (AvgIpc) is 2.86. The fraction of sp³-hybridized carbons (Fsp3) is 0.600. The second kappa shape index (κ2) is 14.9.